The third-order valence-corrected chi connectivity index (χ3v) is 5.30. The standard InChI is InChI=1S/C17H14N2S2/c1-20-11-9-14-12-5-3-4-6-13(12)17-18-7-8-19(17)16(14)15(10-11)21-2/h3-10H,1-2H3. The molecule has 0 spiro atoms. The molecule has 21 heavy (non-hydrogen) atoms. The molecule has 0 saturated carbocycles. The number of nitrogens with zero attached hydrogens (tertiary/aromatic N) is 2. The average Bonchev–Trinajstić information content (AvgIpc) is 3.03. The van der Waals surface area contributed by atoms with Gasteiger partial charge in [0.15, 0.2) is 0 Å². The van der Waals surface area contributed by atoms with Crippen LogP contribution >= 0.6 is 23.5 Å². The zero-order valence-electron chi connectivity index (χ0n) is 11.8. The molecular formula is C17H14N2S2. The van der Waals surface area contributed by atoms with Gasteiger partial charge in [0, 0.05) is 33.0 Å². The first-order valence-corrected chi connectivity index (χ1v) is 9.18. The first kappa shape index (κ1) is 13.0. The van der Waals surface area contributed by atoms with Crippen molar-refractivity contribution in [3.8, 4) is 0 Å². The molecule has 2 aromatic heterocycles. The molecule has 2 nitrogen and oxygen atoms in total. The summed E-state index contributed by atoms with van der Waals surface area (Å²) in [5, 5.41) is 3.78. The van der Waals surface area contributed by atoms with Gasteiger partial charge in [-0.25, -0.2) is 4.98 Å². The van der Waals surface area contributed by atoms with E-state index in [2.05, 4.69) is 64.5 Å². The predicted octanol–water partition coefficient (Wildman–Crippen LogP) is 5.08. The summed E-state index contributed by atoms with van der Waals surface area (Å²) in [6, 6.07) is 13.1. The van der Waals surface area contributed by atoms with Crippen LogP contribution in [0, 0.1) is 0 Å². The predicted molar refractivity (Wildman–Crippen MR) is 93.8 cm³/mol. The van der Waals surface area contributed by atoms with Gasteiger partial charge in [0.2, 0.25) is 0 Å². The van der Waals surface area contributed by atoms with Crippen LogP contribution in [0.4, 0.5) is 0 Å². The topological polar surface area (TPSA) is 17.3 Å². The van der Waals surface area contributed by atoms with Gasteiger partial charge in [0.05, 0.1) is 5.52 Å². The summed E-state index contributed by atoms with van der Waals surface area (Å²) in [4.78, 5) is 7.16. The molecule has 0 N–H and O–H groups in total. The zero-order chi connectivity index (χ0) is 14.4. The number of fused-ring (bicyclic) bond motifs is 6. The van der Waals surface area contributed by atoms with Crippen molar-refractivity contribution in [3.05, 3.63) is 48.8 Å². The van der Waals surface area contributed by atoms with Crippen molar-refractivity contribution in [3.63, 3.8) is 0 Å². The Kier molecular flexibility index (Phi) is 3.08. The molecule has 0 aliphatic rings. The summed E-state index contributed by atoms with van der Waals surface area (Å²) in [5.41, 5.74) is 2.29. The van der Waals surface area contributed by atoms with Crippen LogP contribution in [-0.2, 0) is 0 Å². The van der Waals surface area contributed by atoms with E-state index in [4.69, 9.17) is 0 Å². The molecule has 0 saturated heterocycles. The summed E-state index contributed by atoms with van der Waals surface area (Å²) in [5.74, 6) is 0. The van der Waals surface area contributed by atoms with Crippen LogP contribution in [-0.4, -0.2) is 21.9 Å². The van der Waals surface area contributed by atoms with Crippen molar-refractivity contribution in [2.45, 2.75) is 9.79 Å². The van der Waals surface area contributed by atoms with Gasteiger partial charge >= 0.3 is 0 Å². The molecule has 0 aliphatic carbocycles. The van der Waals surface area contributed by atoms with Gasteiger partial charge in [-0.05, 0) is 30.0 Å². The van der Waals surface area contributed by atoms with Gasteiger partial charge in [0.25, 0.3) is 0 Å². The van der Waals surface area contributed by atoms with Crippen molar-refractivity contribution in [2.24, 2.45) is 0 Å². The summed E-state index contributed by atoms with van der Waals surface area (Å²) in [7, 11) is 0. The molecule has 0 aliphatic heterocycles. The molecule has 0 radical (unpaired) electrons. The summed E-state index contributed by atoms with van der Waals surface area (Å²) < 4.78 is 2.22. The van der Waals surface area contributed by atoms with E-state index in [1.165, 1.54) is 31.5 Å². The van der Waals surface area contributed by atoms with Gasteiger partial charge in [-0.15, -0.1) is 23.5 Å². The minimum absolute atomic E-state index is 1.03. The van der Waals surface area contributed by atoms with Gasteiger partial charge in [0.1, 0.15) is 5.65 Å². The Morgan fingerprint density at radius 2 is 1.76 bits per heavy atom. The maximum Gasteiger partial charge on any atom is 0.145 e. The Labute approximate surface area is 131 Å². The molecule has 0 atom stereocenters. The fourth-order valence-corrected chi connectivity index (χ4v) is 4.10. The van der Waals surface area contributed by atoms with E-state index in [0.29, 0.717) is 0 Å². The summed E-state index contributed by atoms with van der Waals surface area (Å²) >= 11 is 3.58. The Balaban J connectivity index is 2.36. The Morgan fingerprint density at radius 1 is 0.952 bits per heavy atom. The summed E-state index contributed by atoms with van der Waals surface area (Å²) in [6.45, 7) is 0. The van der Waals surface area contributed by atoms with Crippen LogP contribution in [0.5, 0.6) is 0 Å². The number of rotatable bonds is 2. The normalized spacial score (nSPS) is 11.7. The molecule has 2 aromatic carbocycles. The Morgan fingerprint density at radius 3 is 2.52 bits per heavy atom. The molecule has 0 bridgehead atoms. The number of benzene rings is 2. The molecular weight excluding hydrogens is 296 g/mol. The van der Waals surface area contributed by atoms with Crippen LogP contribution in [0.1, 0.15) is 0 Å². The molecule has 0 fully saturated rings. The second-order valence-electron chi connectivity index (χ2n) is 4.89. The number of hydrogen-bond acceptors (Lipinski definition) is 3. The van der Waals surface area contributed by atoms with Crippen molar-refractivity contribution < 1.29 is 0 Å². The molecule has 0 amide bonds. The van der Waals surface area contributed by atoms with E-state index in [9.17, 15) is 0 Å². The quantitative estimate of drug-likeness (QED) is 0.379. The van der Waals surface area contributed by atoms with Gasteiger partial charge in [-0.1, -0.05) is 24.3 Å². The van der Waals surface area contributed by atoms with Crippen LogP contribution in [0.25, 0.3) is 27.3 Å². The van der Waals surface area contributed by atoms with Crippen LogP contribution in [0.15, 0.2) is 58.6 Å². The molecule has 4 rings (SSSR count). The smallest absolute Gasteiger partial charge is 0.145 e. The maximum atomic E-state index is 4.56. The van der Waals surface area contributed by atoms with E-state index in [1.807, 2.05) is 6.20 Å². The first-order chi connectivity index (χ1) is 10.3. The summed E-state index contributed by atoms with van der Waals surface area (Å²) in [6.07, 6.45) is 8.20. The largest absolute Gasteiger partial charge is 0.298 e. The van der Waals surface area contributed by atoms with Gasteiger partial charge in [-0.3, -0.25) is 4.40 Å². The highest BCUT2D eigenvalue weighted by Gasteiger charge is 2.13. The highest BCUT2D eigenvalue weighted by Crippen LogP contribution is 2.36. The Hall–Kier alpha value is -1.65. The minimum Gasteiger partial charge on any atom is -0.298 e. The van der Waals surface area contributed by atoms with E-state index in [-0.39, 0.29) is 0 Å². The molecule has 2 heterocycles. The molecule has 0 unspecified atom stereocenters. The average molecular weight is 310 g/mol. The number of hydrogen-bond donors (Lipinski definition) is 0. The SMILES string of the molecule is CSc1cc(SC)c2c(c1)c1ccccc1c1nccn12. The lowest BCUT2D eigenvalue weighted by Gasteiger charge is -2.13. The minimum atomic E-state index is 1.03. The third-order valence-electron chi connectivity index (χ3n) is 3.84. The second-order valence-corrected chi connectivity index (χ2v) is 6.62. The Bertz CT molecular complexity index is 973. The van der Waals surface area contributed by atoms with E-state index >= 15 is 0 Å². The highest BCUT2D eigenvalue weighted by atomic mass is 32.2. The maximum absolute atomic E-state index is 4.56. The van der Waals surface area contributed by atoms with Crippen molar-refractivity contribution in [1.29, 1.82) is 0 Å². The van der Waals surface area contributed by atoms with Gasteiger partial charge in [-0.2, -0.15) is 0 Å². The fourth-order valence-electron chi connectivity index (χ4n) is 2.91. The van der Waals surface area contributed by atoms with Gasteiger partial charge < -0.3 is 0 Å². The fraction of sp³-hybridized carbons (Fsp3) is 0.118. The monoisotopic (exact) mass is 310 g/mol. The van der Waals surface area contributed by atoms with E-state index in [1.54, 1.807) is 23.5 Å². The number of pyridine rings is 1. The van der Waals surface area contributed by atoms with Crippen LogP contribution < -0.4 is 0 Å². The third kappa shape index (κ3) is 1.86. The number of aromatic nitrogens is 2. The second kappa shape index (κ2) is 4.97. The lowest BCUT2D eigenvalue weighted by atomic mass is 10.1. The molecule has 4 aromatic rings. The molecule has 4 heteroatoms. The van der Waals surface area contributed by atoms with Crippen molar-refractivity contribution in [1.82, 2.24) is 9.38 Å². The van der Waals surface area contributed by atoms with E-state index in [0.717, 1.165) is 5.65 Å². The van der Waals surface area contributed by atoms with Crippen molar-refractivity contribution >= 4 is 50.8 Å². The first-order valence-electron chi connectivity index (χ1n) is 6.73. The number of imidazole rings is 1. The van der Waals surface area contributed by atoms with Crippen molar-refractivity contribution in [2.75, 3.05) is 12.5 Å². The highest BCUT2D eigenvalue weighted by molar-refractivity contribution is 7.99. The van der Waals surface area contributed by atoms with E-state index < -0.39 is 0 Å². The molecule has 104 valence electrons. The zero-order valence-corrected chi connectivity index (χ0v) is 13.5. The lowest BCUT2D eigenvalue weighted by molar-refractivity contribution is 1.22. The van der Waals surface area contributed by atoms with Crippen LogP contribution in [0.2, 0.25) is 0 Å². The lowest BCUT2D eigenvalue weighted by Crippen LogP contribution is -1.93. The number of thioether (sulfide) groups is 2. The van der Waals surface area contributed by atoms with Crippen LogP contribution in [0.3, 0.4) is 0 Å².